The molecular weight excluding hydrogens is 261 g/mol. The molecular formula is C8H8BrF3N2. The first kappa shape index (κ1) is 11.5. The lowest BCUT2D eigenvalue weighted by Gasteiger charge is -2.14. The van der Waals surface area contributed by atoms with Crippen molar-refractivity contribution < 1.29 is 13.2 Å². The summed E-state index contributed by atoms with van der Waals surface area (Å²) >= 11 is 3.05. The summed E-state index contributed by atoms with van der Waals surface area (Å²) in [6.45, 7) is 0. The predicted octanol–water partition coefficient (Wildman–Crippen LogP) is 2.80. The van der Waals surface area contributed by atoms with Gasteiger partial charge in [-0.25, -0.2) is 4.98 Å². The fraction of sp³-hybridized carbons (Fsp3) is 0.375. The van der Waals surface area contributed by atoms with E-state index >= 15 is 0 Å². The zero-order chi connectivity index (χ0) is 10.8. The van der Waals surface area contributed by atoms with Gasteiger partial charge in [-0.3, -0.25) is 0 Å². The fourth-order valence-corrected chi connectivity index (χ4v) is 1.58. The van der Waals surface area contributed by atoms with Crippen LogP contribution in [0.5, 0.6) is 0 Å². The Bertz CT molecular complexity index is 314. The quantitative estimate of drug-likeness (QED) is 0.838. The third-order valence-corrected chi connectivity index (χ3v) is 2.30. The maximum Gasteiger partial charge on any atom is 0.390 e. The van der Waals surface area contributed by atoms with Crippen LogP contribution in [0.25, 0.3) is 0 Å². The topological polar surface area (TPSA) is 38.9 Å². The second kappa shape index (κ2) is 4.27. The Morgan fingerprint density at radius 3 is 2.64 bits per heavy atom. The van der Waals surface area contributed by atoms with Gasteiger partial charge in [-0.2, -0.15) is 13.2 Å². The van der Waals surface area contributed by atoms with E-state index in [-0.39, 0.29) is 0 Å². The SMILES string of the molecule is NC(CC(F)(F)F)c1cccnc1Br. The van der Waals surface area contributed by atoms with Crippen LogP contribution in [-0.2, 0) is 0 Å². The highest BCUT2D eigenvalue weighted by Gasteiger charge is 2.31. The number of hydrogen-bond donors (Lipinski definition) is 1. The first-order valence-corrected chi connectivity index (χ1v) is 4.62. The molecule has 6 heteroatoms. The number of aromatic nitrogens is 1. The number of hydrogen-bond acceptors (Lipinski definition) is 2. The maximum absolute atomic E-state index is 12.0. The minimum atomic E-state index is -4.26. The summed E-state index contributed by atoms with van der Waals surface area (Å²) in [5, 5.41) is 0. The number of halogens is 4. The monoisotopic (exact) mass is 268 g/mol. The van der Waals surface area contributed by atoms with E-state index in [9.17, 15) is 13.2 Å². The van der Waals surface area contributed by atoms with Gasteiger partial charge in [-0.05, 0) is 22.0 Å². The molecule has 1 aromatic heterocycles. The van der Waals surface area contributed by atoms with E-state index in [0.717, 1.165) is 0 Å². The highest BCUT2D eigenvalue weighted by molar-refractivity contribution is 9.10. The standard InChI is InChI=1S/C8H8BrF3N2/c9-7-5(2-1-3-14-7)6(13)4-8(10,11)12/h1-3,6H,4,13H2. The lowest BCUT2D eigenvalue weighted by atomic mass is 10.1. The molecule has 0 radical (unpaired) electrons. The summed E-state index contributed by atoms with van der Waals surface area (Å²) in [5.74, 6) is 0. The molecule has 1 rings (SSSR count). The number of nitrogens with zero attached hydrogens (tertiary/aromatic N) is 1. The van der Waals surface area contributed by atoms with Gasteiger partial charge < -0.3 is 5.73 Å². The Kier molecular flexibility index (Phi) is 3.49. The first-order chi connectivity index (χ1) is 6.40. The Morgan fingerprint density at radius 1 is 1.50 bits per heavy atom. The number of alkyl halides is 3. The van der Waals surface area contributed by atoms with Crippen molar-refractivity contribution in [1.29, 1.82) is 0 Å². The molecule has 0 aliphatic rings. The van der Waals surface area contributed by atoms with Crippen LogP contribution in [0.4, 0.5) is 13.2 Å². The van der Waals surface area contributed by atoms with Crippen LogP contribution in [0.15, 0.2) is 22.9 Å². The molecule has 0 bridgehead atoms. The van der Waals surface area contributed by atoms with Gasteiger partial charge in [0.1, 0.15) is 4.60 Å². The van der Waals surface area contributed by atoms with Crippen molar-refractivity contribution in [3.8, 4) is 0 Å². The third-order valence-electron chi connectivity index (χ3n) is 1.64. The van der Waals surface area contributed by atoms with Gasteiger partial charge in [0.25, 0.3) is 0 Å². The smallest absolute Gasteiger partial charge is 0.324 e. The highest BCUT2D eigenvalue weighted by Crippen LogP contribution is 2.30. The second-order valence-corrected chi connectivity index (χ2v) is 3.56. The Hall–Kier alpha value is -0.620. The van der Waals surface area contributed by atoms with Crippen molar-refractivity contribution in [3.63, 3.8) is 0 Å². The highest BCUT2D eigenvalue weighted by atomic mass is 79.9. The van der Waals surface area contributed by atoms with Crippen LogP contribution in [-0.4, -0.2) is 11.2 Å². The summed E-state index contributed by atoms with van der Waals surface area (Å²) in [4.78, 5) is 3.80. The molecule has 0 amide bonds. The van der Waals surface area contributed by atoms with Crippen molar-refractivity contribution in [2.24, 2.45) is 5.73 Å². The Morgan fingerprint density at radius 2 is 2.14 bits per heavy atom. The predicted molar refractivity (Wildman–Crippen MR) is 49.5 cm³/mol. The zero-order valence-corrected chi connectivity index (χ0v) is 8.64. The Labute approximate surface area is 87.4 Å². The number of pyridine rings is 1. The number of nitrogens with two attached hydrogens (primary N) is 1. The third kappa shape index (κ3) is 3.26. The first-order valence-electron chi connectivity index (χ1n) is 3.83. The van der Waals surface area contributed by atoms with E-state index in [0.29, 0.717) is 10.2 Å². The summed E-state index contributed by atoms with van der Waals surface area (Å²) in [5.41, 5.74) is 5.76. The molecule has 0 aliphatic carbocycles. The van der Waals surface area contributed by atoms with Crippen LogP contribution >= 0.6 is 15.9 Å². The molecule has 2 N–H and O–H groups in total. The van der Waals surface area contributed by atoms with Gasteiger partial charge in [0, 0.05) is 17.8 Å². The van der Waals surface area contributed by atoms with E-state index in [1.165, 1.54) is 12.3 Å². The average Bonchev–Trinajstić information content (AvgIpc) is 2.01. The van der Waals surface area contributed by atoms with Gasteiger partial charge in [-0.1, -0.05) is 6.07 Å². The molecule has 78 valence electrons. The van der Waals surface area contributed by atoms with Crippen molar-refractivity contribution in [2.45, 2.75) is 18.6 Å². The van der Waals surface area contributed by atoms with Crippen molar-refractivity contribution in [3.05, 3.63) is 28.5 Å². The summed E-state index contributed by atoms with van der Waals surface area (Å²) in [7, 11) is 0. The van der Waals surface area contributed by atoms with Crippen molar-refractivity contribution in [2.75, 3.05) is 0 Å². The fourth-order valence-electron chi connectivity index (χ4n) is 1.03. The lowest BCUT2D eigenvalue weighted by Crippen LogP contribution is -2.20. The van der Waals surface area contributed by atoms with Crippen LogP contribution in [0.3, 0.4) is 0 Å². The molecule has 1 atom stereocenters. The van der Waals surface area contributed by atoms with Crippen LogP contribution < -0.4 is 5.73 Å². The van der Waals surface area contributed by atoms with Crippen molar-refractivity contribution >= 4 is 15.9 Å². The number of rotatable bonds is 2. The average molecular weight is 269 g/mol. The van der Waals surface area contributed by atoms with E-state index in [4.69, 9.17) is 5.73 Å². The van der Waals surface area contributed by atoms with Crippen molar-refractivity contribution in [1.82, 2.24) is 4.98 Å². The van der Waals surface area contributed by atoms with Gasteiger partial charge in [0.15, 0.2) is 0 Å². The molecule has 1 aromatic rings. The molecule has 2 nitrogen and oxygen atoms in total. The van der Waals surface area contributed by atoms with E-state index in [2.05, 4.69) is 20.9 Å². The molecule has 1 unspecified atom stereocenters. The normalized spacial score (nSPS) is 14.1. The largest absolute Gasteiger partial charge is 0.390 e. The summed E-state index contributed by atoms with van der Waals surface area (Å²) in [6.07, 6.45) is -3.82. The van der Waals surface area contributed by atoms with Crippen LogP contribution in [0.2, 0.25) is 0 Å². The molecule has 1 heterocycles. The van der Waals surface area contributed by atoms with Crippen LogP contribution in [0, 0.1) is 0 Å². The molecule has 0 saturated carbocycles. The minimum absolute atomic E-state index is 0.358. The lowest BCUT2D eigenvalue weighted by molar-refractivity contribution is -0.138. The maximum atomic E-state index is 12.0. The molecule has 0 aliphatic heterocycles. The summed E-state index contributed by atoms with van der Waals surface area (Å²) < 4.78 is 36.4. The second-order valence-electron chi connectivity index (χ2n) is 2.81. The molecule has 0 aromatic carbocycles. The van der Waals surface area contributed by atoms with E-state index in [1.807, 2.05) is 0 Å². The zero-order valence-electron chi connectivity index (χ0n) is 7.05. The molecule has 14 heavy (non-hydrogen) atoms. The van der Waals surface area contributed by atoms with E-state index < -0.39 is 18.6 Å². The van der Waals surface area contributed by atoms with Crippen LogP contribution in [0.1, 0.15) is 18.0 Å². The van der Waals surface area contributed by atoms with Gasteiger partial charge in [0.2, 0.25) is 0 Å². The molecule has 0 fully saturated rings. The molecule has 0 saturated heterocycles. The van der Waals surface area contributed by atoms with Gasteiger partial charge in [-0.15, -0.1) is 0 Å². The van der Waals surface area contributed by atoms with Gasteiger partial charge >= 0.3 is 6.18 Å². The van der Waals surface area contributed by atoms with E-state index in [1.54, 1.807) is 6.07 Å². The Balaban J connectivity index is 2.80. The molecule has 0 spiro atoms. The van der Waals surface area contributed by atoms with Gasteiger partial charge in [0.05, 0.1) is 6.42 Å². The minimum Gasteiger partial charge on any atom is -0.324 e. The summed E-state index contributed by atoms with van der Waals surface area (Å²) in [6, 6.07) is 2.00.